The van der Waals surface area contributed by atoms with Crippen molar-refractivity contribution in [1.82, 2.24) is 0 Å². The fourth-order valence-corrected chi connectivity index (χ4v) is 0.833. The zero-order chi connectivity index (χ0) is 8.54. The predicted octanol–water partition coefficient (Wildman–Crippen LogP) is 1.33. The highest BCUT2D eigenvalue weighted by molar-refractivity contribution is 5.36. The molecule has 1 rings (SSSR count). The van der Waals surface area contributed by atoms with Crippen LogP contribution in [0.15, 0.2) is 15.2 Å². The Bertz CT molecular complexity index is 240. The number of hydrogen-bond acceptors (Lipinski definition) is 4. The first-order valence-corrected chi connectivity index (χ1v) is 3.49. The van der Waals surface area contributed by atoms with E-state index >= 15 is 0 Å². The van der Waals surface area contributed by atoms with Gasteiger partial charge in [-0.25, -0.2) is 4.79 Å². The van der Waals surface area contributed by atoms with Crippen molar-refractivity contribution in [2.45, 2.75) is 31.8 Å². The van der Waals surface area contributed by atoms with Gasteiger partial charge in [0.15, 0.2) is 0 Å². The minimum Gasteiger partial charge on any atom is -0.211 e. The summed E-state index contributed by atoms with van der Waals surface area (Å²) in [6.45, 7) is 6.29. The van der Waals surface area contributed by atoms with E-state index in [1.165, 1.54) is 0 Å². The summed E-state index contributed by atoms with van der Waals surface area (Å²) in [6.07, 6.45) is 1.56. The second-order valence-corrected chi connectivity index (χ2v) is 3.44. The van der Waals surface area contributed by atoms with Crippen molar-refractivity contribution in [2.75, 3.05) is 6.54 Å². The molecule has 0 saturated heterocycles. The largest absolute Gasteiger partial charge is 0.235 e. The smallest absolute Gasteiger partial charge is 0.211 e. The van der Waals surface area contributed by atoms with Crippen LogP contribution in [-0.4, -0.2) is 23.7 Å². The summed E-state index contributed by atoms with van der Waals surface area (Å²) < 4.78 is 0. The number of azo groups is 1. The van der Waals surface area contributed by atoms with Gasteiger partial charge in [-0.05, 0) is 20.8 Å². The molecule has 0 aromatic heterocycles. The van der Waals surface area contributed by atoms with E-state index in [4.69, 9.17) is 0 Å². The van der Waals surface area contributed by atoms with E-state index in [-0.39, 0.29) is 5.54 Å². The van der Waals surface area contributed by atoms with Crippen molar-refractivity contribution in [3.8, 4) is 0 Å². The molecule has 0 N–H and O–H groups in total. The van der Waals surface area contributed by atoms with E-state index < -0.39 is 5.54 Å². The van der Waals surface area contributed by atoms with Crippen LogP contribution in [0.25, 0.3) is 0 Å². The third kappa shape index (κ3) is 1.10. The summed E-state index contributed by atoms with van der Waals surface area (Å²) in [4.78, 5) is 13.7. The first kappa shape index (κ1) is 8.08. The number of hydrogen-bond donors (Lipinski definition) is 0. The number of rotatable bonds is 2. The van der Waals surface area contributed by atoms with Crippen molar-refractivity contribution >= 4 is 6.08 Å². The van der Waals surface area contributed by atoms with Crippen LogP contribution in [0.1, 0.15) is 20.8 Å². The average Bonchev–Trinajstić information content (AvgIpc) is 1.82. The lowest BCUT2D eigenvalue weighted by atomic mass is 9.81. The molecule has 11 heavy (non-hydrogen) atoms. The summed E-state index contributed by atoms with van der Waals surface area (Å²) >= 11 is 0. The first-order chi connectivity index (χ1) is 5.02. The maximum absolute atomic E-state index is 10.0. The van der Waals surface area contributed by atoms with Gasteiger partial charge in [0.1, 0.15) is 5.54 Å². The molecule has 0 amide bonds. The normalized spacial score (nSPS) is 29.0. The lowest BCUT2D eigenvalue weighted by molar-refractivity contribution is 0.232. The molecule has 1 aliphatic heterocycles. The van der Waals surface area contributed by atoms with Gasteiger partial charge >= 0.3 is 0 Å². The molecule has 0 fully saturated rings. The zero-order valence-corrected chi connectivity index (χ0v) is 6.96. The molecule has 4 nitrogen and oxygen atoms in total. The van der Waals surface area contributed by atoms with Crippen LogP contribution in [0.5, 0.6) is 0 Å². The molecule has 1 heterocycles. The Morgan fingerprint density at radius 3 is 2.45 bits per heavy atom. The Kier molecular flexibility index (Phi) is 1.64. The molecule has 60 valence electrons. The van der Waals surface area contributed by atoms with Crippen molar-refractivity contribution in [3.63, 3.8) is 0 Å². The van der Waals surface area contributed by atoms with Crippen LogP contribution in [-0.2, 0) is 4.79 Å². The number of carbonyl (C=O) groups excluding carboxylic acids is 1. The van der Waals surface area contributed by atoms with E-state index in [0.29, 0.717) is 6.54 Å². The highest BCUT2D eigenvalue weighted by Crippen LogP contribution is 2.34. The zero-order valence-electron chi connectivity index (χ0n) is 6.96. The number of isocyanates is 1. The Morgan fingerprint density at radius 1 is 1.64 bits per heavy atom. The maximum Gasteiger partial charge on any atom is 0.235 e. The molecule has 0 spiro atoms. The fraction of sp³-hybridized carbons (Fsp3) is 0.857. The minimum atomic E-state index is -0.476. The predicted molar refractivity (Wildman–Crippen MR) is 40.3 cm³/mol. The molecular weight excluding hydrogens is 142 g/mol. The van der Waals surface area contributed by atoms with Gasteiger partial charge in [0.2, 0.25) is 6.08 Å². The van der Waals surface area contributed by atoms with Crippen LogP contribution < -0.4 is 0 Å². The first-order valence-electron chi connectivity index (χ1n) is 3.49. The Balaban J connectivity index is 2.88. The van der Waals surface area contributed by atoms with Crippen LogP contribution in [0.3, 0.4) is 0 Å². The molecular formula is C7H11N3O. The van der Waals surface area contributed by atoms with E-state index in [1.807, 2.05) is 20.8 Å². The van der Waals surface area contributed by atoms with Crippen LogP contribution in [0.2, 0.25) is 0 Å². The van der Waals surface area contributed by atoms with Crippen molar-refractivity contribution < 1.29 is 4.79 Å². The second kappa shape index (κ2) is 2.24. The van der Waals surface area contributed by atoms with Gasteiger partial charge in [-0.1, -0.05) is 0 Å². The molecule has 1 aliphatic rings. The van der Waals surface area contributed by atoms with Crippen molar-refractivity contribution in [1.29, 1.82) is 0 Å². The van der Waals surface area contributed by atoms with Gasteiger partial charge in [0.05, 0.1) is 12.1 Å². The standard InChI is InChI=1S/C7H11N3O/c1-6(2,8-5-11)7(3)4-9-10-7/h4H2,1-3H3. The third-order valence-electron chi connectivity index (χ3n) is 2.31. The Morgan fingerprint density at radius 2 is 2.18 bits per heavy atom. The van der Waals surface area contributed by atoms with E-state index in [1.54, 1.807) is 6.08 Å². The highest BCUT2D eigenvalue weighted by Gasteiger charge is 2.45. The van der Waals surface area contributed by atoms with E-state index in [0.717, 1.165) is 0 Å². The van der Waals surface area contributed by atoms with E-state index in [9.17, 15) is 4.79 Å². The summed E-state index contributed by atoms with van der Waals surface area (Å²) in [6, 6.07) is 0. The molecule has 4 heteroatoms. The minimum absolute atomic E-state index is 0.301. The van der Waals surface area contributed by atoms with Crippen molar-refractivity contribution in [3.05, 3.63) is 0 Å². The van der Waals surface area contributed by atoms with Gasteiger partial charge in [-0.3, -0.25) is 0 Å². The monoisotopic (exact) mass is 153 g/mol. The van der Waals surface area contributed by atoms with Crippen molar-refractivity contribution in [2.24, 2.45) is 15.2 Å². The van der Waals surface area contributed by atoms with Crippen LogP contribution in [0, 0.1) is 0 Å². The van der Waals surface area contributed by atoms with Gasteiger partial charge in [-0.2, -0.15) is 15.2 Å². The Labute approximate surface area is 65.4 Å². The van der Waals surface area contributed by atoms with Crippen LogP contribution >= 0.6 is 0 Å². The molecule has 0 aromatic rings. The molecule has 1 unspecified atom stereocenters. The lowest BCUT2D eigenvalue weighted by Crippen LogP contribution is -2.50. The fourth-order valence-electron chi connectivity index (χ4n) is 0.833. The molecule has 0 aliphatic carbocycles. The van der Waals surface area contributed by atoms with Crippen LogP contribution in [0.4, 0.5) is 0 Å². The average molecular weight is 153 g/mol. The summed E-state index contributed by atoms with van der Waals surface area (Å²) in [5, 5.41) is 7.70. The van der Waals surface area contributed by atoms with E-state index in [2.05, 4.69) is 15.2 Å². The highest BCUT2D eigenvalue weighted by atomic mass is 16.1. The van der Waals surface area contributed by atoms with Gasteiger partial charge in [0.25, 0.3) is 0 Å². The quantitative estimate of drug-likeness (QED) is 0.436. The SMILES string of the molecule is CC(C)(N=C=O)C1(C)CN=N1. The molecule has 0 bridgehead atoms. The summed E-state index contributed by atoms with van der Waals surface area (Å²) in [7, 11) is 0. The maximum atomic E-state index is 10.0. The van der Waals surface area contributed by atoms with Gasteiger partial charge < -0.3 is 0 Å². The second-order valence-electron chi connectivity index (χ2n) is 3.44. The topological polar surface area (TPSA) is 54.1 Å². The molecule has 0 saturated carbocycles. The summed E-state index contributed by atoms with van der Waals surface area (Å²) in [5.41, 5.74) is -0.777. The number of nitrogens with zero attached hydrogens (tertiary/aromatic N) is 3. The molecule has 0 radical (unpaired) electrons. The number of aliphatic imine (C=N–C) groups is 1. The lowest BCUT2D eigenvalue weighted by Gasteiger charge is -2.38. The van der Waals surface area contributed by atoms with Gasteiger partial charge in [-0.15, -0.1) is 0 Å². The summed E-state index contributed by atoms with van der Waals surface area (Å²) in [5.74, 6) is 0. The molecule has 1 atom stereocenters. The molecule has 0 aromatic carbocycles. The van der Waals surface area contributed by atoms with Gasteiger partial charge in [0, 0.05) is 0 Å². The Hall–Kier alpha value is -1.02. The third-order valence-corrected chi connectivity index (χ3v) is 2.31.